The molecule has 0 spiro atoms. The van der Waals surface area contributed by atoms with Crippen molar-refractivity contribution in [1.29, 1.82) is 0 Å². The van der Waals surface area contributed by atoms with Crippen LogP contribution in [0.5, 0.6) is 0 Å². The van der Waals surface area contributed by atoms with Gasteiger partial charge in [-0.2, -0.15) is 0 Å². The first-order chi connectivity index (χ1) is 11.2. The highest BCUT2D eigenvalue weighted by atomic mass is 16.5. The fourth-order valence-corrected chi connectivity index (χ4v) is 2.71. The summed E-state index contributed by atoms with van der Waals surface area (Å²) in [5.74, 6) is 1.22. The van der Waals surface area contributed by atoms with E-state index in [9.17, 15) is 9.59 Å². The van der Waals surface area contributed by atoms with Crippen LogP contribution in [0, 0.1) is 5.92 Å². The highest BCUT2D eigenvalue weighted by molar-refractivity contribution is 5.83. The van der Waals surface area contributed by atoms with Crippen molar-refractivity contribution in [3.05, 3.63) is 18.1 Å². The van der Waals surface area contributed by atoms with E-state index in [1.165, 1.54) is 0 Å². The van der Waals surface area contributed by atoms with Crippen molar-refractivity contribution in [2.45, 2.75) is 19.4 Å². The first-order valence-electron chi connectivity index (χ1n) is 7.91. The van der Waals surface area contributed by atoms with Gasteiger partial charge in [-0.3, -0.25) is 9.59 Å². The van der Waals surface area contributed by atoms with Crippen molar-refractivity contribution in [2.24, 2.45) is 5.92 Å². The Balaban J connectivity index is 1.53. The fraction of sp³-hybridized carbons (Fsp3) is 0.600. The number of hydrogen-bond donors (Lipinski definition) is 2. The molecule has 8 heteroatoms. The van der Waals surface area contributed by atoms with E-state index in [0.29, 0.717) is 45.0 Å². The minimum Gasteiger partial charge on any atom is -0.378 e. The molecule has 23 heavy (non-hydrogen) atoms. The smallest absolute Gasteiger partial charge is 0.225 e. The molecule has 0 bridgehead atoms. The van der Waals surface area contributed by atoms with Crippen molar-refractivity contribution < 1.29 is 14.3 Å². The van der Waals surface area contributed by atoms with Crippen LogP contribution in [0.2, 0.25) is 0 Å². The number of aromatic nitrogens is 2. The second-order valence-electron chi connectivity index (χ2n) is 5.69. The van der Waals surface area contributed by atoms with Gasteiger partial charge >= 0.3 is 0 Å². The van der Waals surface area contributed by atoms with Crippen LogP contribution in [0.1, 0.15) is 18.7 Å². The normalized spacial score (nSPS) is 21.7. The molecule has 124 valence electrons. The van der Waals surface area contributed by atoms with E-state index < -0.39 is 0 Å². The minimum atomic E-state index is -0.171. The zero-order valence-corrected chi connectivity index (χ0v) is 13.0. The van der Waals surface area contributed by atoms with Crippen LogP contribution >= 0.6 is 0 Å². The maximum Gasteiger partial charge on any atom is 0.225 e. The third kappa shape index (κ3) is 4.16. The van der Waals surface area contributed by atoms with E-state index >= 15 is 0 Å². The second kappa shape index (κ2) is 7.36. The van der Waals surface area contributed by atoms with Crippen molar-refractivity contribution in [3.8, 4) is 0 Å². The van der Waals surface area contributed by atoms with Crippen LogP contribution in [0.25, 0.3) is 0 Å². The van der Waals surface area contributed by atoms with Gasteiger partial charge in [0.15, 0.2) is 0 Å². The molecule has 3 heterocycles. The summed E-state index contributed by atoms with van der Waals surface area (Å²) in [6.07, 6.45) is 2.70. The highest BCUT2D eigenvalue weighted by Gasteiger charge is 2.24. The minimum absolute atomic E-state index is 0.00981. The number of nitrogens with one attached hydrogen (secondary N) is 2. The van der Waals surface area contributed by atoms with Crippen molar-refractivity contribution in [3.63, 3.8) is 0 Å². The number of piperidine rings is 1. The summed E-state index contributed by atoms with van der Waals surface area (Å²) in [7, 11) is 0. The predicted octanol–water partition coefficient (Wildman–Crippen LogP) is -0.544. The summed E-state index contributed by atoms with van der Waals surface area (Å²) < 4.78 is 5.33. The molecule has 0 radical (unpaired) electrons. The van der Waals surface area contributed by atoms with Gasteiger partial charge < -0.3 is 20.3 Å². The molecule has 2 saturated heterocycles. The van der Waals surface area contributed by atoms with Crippen LogP contribution in [0.15, 0.2) is 12.3 Å². The summed E-state index contributed by atoms with van der Waals surface area (Å²) in [4.78, 5) is 34.1. The average Bonchev–Trinajstić information content (AvgIpc) is 2.61. The Bertz CT molecular complexity index is 564. The van der Waals surface area contributed by atoms with Crippen LogP contribution in [0.3, 0.4) is 0 Å². The molecular weight excluding hydrogens is 298 g/mol. The maximum atomic E-state index is 12.1. The van der Waals surface area contributed by atoms with Crippen LogP contribution in [0.4, 0.5) is 5.82 Å². The Labute approximate surface area is 134 Å². The van der Waals surface area contributed by atoms with Gasteiger partial charge in [0.2, 0.25) is 11.8 Å². The highest BCUT2D eigenvalue weighted by Crippen LogP contribution is 2.13. The SMILES string of the molecule is O=C1CCC(C(=O)NCc2nccc(N3CCOCC3)n2)CN1. The molecule has 2 fully saturated rings. The number of morpholine rings is 1. The molecule has 2 aliphatic rings. The van der Waals surface area contributed by atoms with Gasteiger partial charge in [-0.1, -0.05) is 0 Å². The Kier molecular flexibility index (Phi) is 5.02. The van der Waals surface area contributed by atoms with Gasteiger partial charge in [-0.15, -0.1) is 0 Å². The van der Waals surface area contributed by atoms with E-state index in [4.69, 9.17) is 4.74 Å². The molecule has 0 aliphatic carbocycles. The Hall–Kier alpha value is -2.22. The number of nitrogens with zero attached hydrogens (tertiary/aromatic N) is 3. The third-order valence-corrected chi connectivity index (χ3v) is 4.08. The number of carbonyl (C=O) groups is 2. The summed E-state index contributed by atoms with van der Waals surface area (Å²) in [5, 5.41) is 5.57. The van der Waals surface area contributed by atoms with Crippen molar-refractivity contribution >= 4 is 17.6 Å². The van der Waals surface area contributed by atoms with Gasteiger partial charge in [0.05, 0.1) is 25.7 Å². The number of hydrogen-bond acceptors (Lipinski definition) is 6. The number of carbonyl (C=O) groups excluding carboxylic acids is 2. The Morgan fingerprint density at radius 2 is 2.26 bits per heavy atom. The molecule has 2 amide bonds. The van der Waals surface area contributed by atoms with E-state index in [2.05, 4.69) is 25.5 Å². The molecule has 0 aromatic carbocycles. The molecule has 0 saturated carbocycles. The van der Waals surface area contributed by atoms with Crippen LogP contribution in [-0.2, 0) is 20.9 Å². The van der Waals surface area contributed by atoms with Gasteiger partial charge in [-0.05, 0) is 12.5 Å². The topological polar surface area (TPSA) is 96.5 Å². The molecule has 1 aromatic heterocycles. The molecule has 1 unspecified atom stereocenters. The summed E-state index contributed by atoms with van der Waals surface area (Å²) in [6, 6.07) is 1.87. The number of ether oxygens (including phenoxy) is 1. The molecule has 8 nitrogen and oxygen atoms in total. The van der Waals surface area contributed by atoms with Gasteiger partial charge in [0, 0.05) is 32.3 Å². The summed E-state index contributed by atoms with van der Waals surface area (Å²) in [6.45, 7) is 3.71. The largest absolute Gasteiger partial charge is 0.378 e. The summed E-state index contributed by atoms with van der Waals surface area (Å²) in [5.41, 5.74) is 0. The first kappa shape index (κ1) is 15.7. The lowest BCUT2D eigenvalue weighted by atomic mass is 9.98. The predicted molar refractivity (Wildman–Crippen MR) is 82.6 cm³/mol. The average molecular weight is 319 g/mol. The molecular formula is C15H21N5O3. The molecule has 2 aliphatic heterocycles. The van der Waals surface area contributed by atoms with Gasteiger partial charge in [-0.25, -0.2) is 9.97 Å². The van der Waals surface area contributed by atoms with E-state index in [-0.39, 0.29) is 17.7 Å². The number of amides is 2. The lowest BCUT2D eigenvalue weighted by molar-refractivity contribution is -0.129. The van der Waals surface area contributed by atoms with Gasteiger partial charge in [0.1, 0.15) is 11.6 Å². The molecule has 1 atom stereocenters. The van der Waals surface area contributed by atoms with Crippen LogP contribution < -0.4 is 15.5 Å². The quantitative estimate of drug-likeness (QED) is 0.773. The fourth-order valence-electron chi connectivity index (χ4n) is 2.71. The lowest BCUT2D eigenvalue weighted by Crippen LogP contribution is -2.43. The monoisotopic (exact) mass is 319 g/mol. The van der Waals surface area contributed by atoms with E-state index in [0.717, 1.165) is 18.9 Å². The molecule has 3 rings (SSSR count). The zero-order chi connectivity index (χ0) is 16.1. The Morgan fingerprint density at radius 3 is 3.00 bits per heavy atom. The lowest BCUT2D eigenvalue weighted by Gasteiger charge is -2.27. The molecule has 1 aromatic rings. The number of anilines is 1. The second-order valence-corrected chi connectivity index (χ2v) is 5.69. The standard InChI is InChI=1S/C15H21N5O3/c21-14-2-1-11(9-17-14)15(22)18-10-12-16-4-3-13(19-12)20-5-7-23-8-6-20/h3-4,11H,1-2,5-10H2,(H,17,21)(H,18,22). The van der Waals surface area contributed by atoms with Crippen molar-refractivity contribution in [2.75, 3.05) is 37.7 Å². The van der Waals surface area contributed by atoms with E-state index in [1.807, 2.05) is 6.07 Å². The van der Waals surface area contributed by atoms with E-state index in [1.54, 1.807) is 6.20 Å². The number of rotatable bonds is 4. The van der Waals surface area contributed by atoms with Crippen LogP contribution in [-0.4, -0.2) is 54.6 Å². The Morgan fingerprint density at radius 1 is 1.43 bits per heavy atom. The van der Waals surface area contributed by atoms with Gasteiger partial charge in [0.25, 0.3) is 0 Å². The third-order valence-electron chi connectivity index (χ3n) is 4.08. The summed E-state index contributed by atoms with van der Waals surface area (Å²) >= 11 is 0. The maximum absolute atomic E-state index is 12.1. The molecule has 2 N–H and O–H groups in total. The zero-order valence-electron chi connectivity index (χ0n) is 13.0. The first-order valence-corrected chi connectivity index (χ1v) is 7.91. The van der Waals surface area contributed by atoms with Crippen molar-refractivity contribution in [1.82, 2.24) is 20.6 Å².